The molecule has 1 saturated carbocycles. The molecule has 3 aromatic rings. The number of carbonyl (C=O) groups excluding carboxylic acids is 1. The first kappa shape index (κ1) is 22.7. The van der Waals surface area contributed by atoms with E-state index in [1.165, 1.54) is 36.0 Å². The van der Waals surface area contributed by atoms with E-state index in [-0.39, 0.29) is 16.5 Å². The number of benzene rings is 1. The van der Waals surface area contributed by atoms with Gasteiger partial charge in [-0.3, -0.25) is 9.59 Å². The van der Waals surface area contributed by atoms with Gasteiger partial charge in [0.1, 0.15) is 11.9 Å². The largest absolute Gasteiger partial charge is 0.300 e. The summed E-state index contributed by atoms with van der Waals surface area (Å²) in [4.78, 5) is 30.7. The predicted molar refractivity (Wildman–Crippen MR) is 127 cm³/mol. The SMILES string of the molecule is Cc1cc(-c2ccc(F)c(Cl)c2)cc(=O)n1[C@@H](CC1CCCCC1)C(=O)Nc1nccs1. The summed E-state index contributed by atoms with van der Waals surface area (Å²) < 4.78 is 15.1. The standard InChI is InChI=1S/C24H25ClFN3O2S/c1-15-11-18(17-7-8-20(26)19(25)13-17)14-22(30)29(15)21(12-16-5-3-2-4-6-16)23(31)28-24-27-9-10-32-24/h7-11,13-14,16,21H,2-6,12H2,1H3,(H,27,28,31)/t21-/m0/s1. The molecule has 0 radical (unpaired) electrons. The zero-order valence-electron chi connectivity index (χ0n) is 17.8. The molecular weight excluding hydrogens is 449 g/mol. The third kappa shape index (κ3) is 5.10. The van der Waals surface area contributed by atoms with Gasteiger partial charge in [-0.25, -0.2) is 9.37 Å². The van der Waals surface area contributed by atoms with Crippen LogP contribution in [0.25, 0.3) is 11.1 Å². The van der Waals surface area contributed by atoms with Crippen LogP contribution in [0.4, 0.5) is 9.52 Å². The van der Waals surface area contributed by atoms with Gasteiger partial charge >= 0.3 is 0 Å². The summed E-state index contributed by atoms with van der Waals surface area (Å²) in [7, 11) is 0. The minimum atomic E-state index is -0.625. The number of pyridine rings is 1. The topological polar surface area (TPSA) is 64.0 Å². The maximum Gasteiger partial charge on any atom is 0.252 e. The summed E-state index contributed by atoms with van der Waals surface area (Å²) in [5, 5.41) is 5.19. The summed E-state index contributed by atoms with van der Waals surface area (Å²) in [5.41, 5.74) is 1.70. The minimum absolute atomic E-state index is 0.00216. The third-order valence-electron chi connectivity index (χ3n) is 6.07. The molecule has 0 bridgehead atoms. The van der Waals surface area contributed by atoms with Crippen molar-refractivity contribution < 1.29 is 9.18 Å². The van der Waals surface area contributed by atoms with Crippen molar-refractivity contribution in [2.45, 2.75) is 51.5 Å². The van der Waals surface area contributed by atoms with Crippen LogP contribution in [0.1, 0.15) is 50.3 Å². The molecule has 0 saturated heterocycles. The number of thiazole rings is 1. The molecule has 1 N–H and O–H groups in total. The lowest BCUT2D eigenvalue weighted by atomic mass is 9.84. The van der Waals surface area contributed by atoms with E-state index in [1.807, 2.05) is 13.0 Å². The van der Waals surface area contributed by atoms with Gasteiger partial charge in [-0.05, 0) is 48.6 Å². The zero-order chi connectivity index (χ0) is 22.7. The number of hydrogen-bond acceptors (Lipinski definition) is 4. The maximum atomic E-state index is 13.6. The van der Waals surface area contributed by atoms with Crippen molar-refractivity contribution in [3.63, 3.8) is 0 Å². The smallest absolute Gasteiger partial charge is 0.252 e. The van der Waals surface area contributed by atoms with E-state index in [2.05, 4.69) is 10.3 Å². The molecule has 8 heteroatoms. The molecule has 1 aromatic carbocycles. The van der Waals surface area contributed by atoms with Crippen LogP contribution in [0.2, 0.25) is 5.02 Å². The highest BCUT2D eigenvalue weighted by Crippen LogP contribution is 2.32. The first-order valence-electron chi connectivity index (χ1n) is 10.8. The molecule has 0 unspecified atom stereocenters. The second-order valence-electron chi connectivity index (χ2n) is 8.30. The van der Waals surface area contributed by atoms with Gasteiger partial charge in [0.05, 0.1) is 5.02 Å². The second-order valence-corrected chi connectivity index (χ2v) is 9.61. The number of rotatable bonds is 6. The Morgan fingerprint density at radius 2 is 2.03 bits per heavy atom. The van der Waals surface area contributed by atoms with E-state index in [4.69, 9.17) is 11.6 Å². The van der Waals surface area contributed by atoms with Gasteiger partial charge in [-0.2, -0.15) is 0 Å². The molecule has 2 heterocycles. The number of carbonyl (C=O) groups is 1. The van der Waals surface area contributed by atoms with E-state index in [1.54, 1.807) is 22.2 Å². The lowest BCUT2D eigenvalue weighted by Gasteiger charge is -2.28. The van der Waals surface area contributed by atoms with Gasteiger partial charge in [0, 0.05) is 23.3 Å². The summed E-state index contributed by atoms with van der Waals surface area (Å²) in [6, 6.07) is 7.08. The Bertz CT molecular complexity index is 1160. The van der Waals surface area contributed by atoms with Crippen LogP contribution in [0.5, 0.6) is 0 Å². The fourth-order valence-corrected chi connectivity index (χ4v) is 5.21. The van der Waals surface area contributed by atoms with Crippen LogP contribution in [-0.4, -0.2) is 15.5 Å². The highest BCUT2D eigenvalue weighted by molar-refractivity contribution is 7.13. The van der Waals surface area contributed by atoms with E-state index >= 15 is 0 Å². The molecule has 1 fully saturated rings. The first-order chi connectivity index (χ1) is 15.4. The normalized spacial score (nSPS) is 15.5. The maximum absolute atomic E-state index is 13.6. The Morgan fingerprint density at radius 1 is 1.25 bits per heavy atom. The van der Waals surface area contributed by atoms with Gasteiger partial charge in [0.2, 0.25) is 5.91 Å². The average Bonchev–Trinajstić information content (AvgIpc) is 3.28. The molecule has 168 valence electrons. The number of hydrogen-bond donors (Lipinski definition) is 1. The molecule has 2 aromatic heterocycles. The van der Waals surface area contributed by atoms with Crippen LogP contribution >= 0.6 is 22.9 Å². The second kappa shape index (κ2) is 9.96. The molecule has 0 spiro atoms. The van der Waals surface area contributed by atoms with E-state index < -0.39 is 11.9 Å². The highest BCUT2D eigenvalue weighted by Gasteiger charge is 2.28. The van der Waals surface area contributed by atoms with Gasteiger partial charge < -0.3 is 9.88 Å². The fourth-order valence-electron chi connectivity index (χ4n) is 4.50. The molecule has 0 aliphatic heterocycles. The van der Waals surface area contributed by atoms with Gasteiger partial charge in [-0.15, -0.1) is 11.3 Å². The fraction of sp³-hybridized carbons (Fsp3) is 0.375. The van der Waals surface area contributed by atoms with Crippen molar-refractivity contribution in [2.24, 2.45) is 5.92 Å². The predicted octanol–water partition coefficient (Wildman–Crippen LogP) is 6.22. The van der Waals surface area contributed by atoms with Crippen molar-refractivity contribution in [2.75, 3.05) is 5.32 Å². The highest BCUT2D eigenvalue weighted by atomic mass is 35.5. The molecule has 1 atom stereocenters. The molecule has 32 heavy (non-hydrogen) atoms. The van der Waals surface area contributed by atoms with Crippen molar-refractivity contribution >= 4 is 34.0 Å². The Kier molecular flexibility index (Phi) is 7.06. The van der Waals surface area contributed by atoms with Crippen LogP contribution < -0.4 is 10.9 Å². The quantitative estimate of drug-likeness (QED) is 0.462. The van der Waals surface area contributed by atoms with Crippen molar-refractivity contribution in [3.05, 3.63) is 68.8 Å². The summed E-state index contributed by atoms with van der Waals surface area (Å²) in [6.07, 6.45) is 7.92. The van der Waals surface area contributed by atoms with Crippen LogP contribution in [-0.2, 0) is 4.79 Å². The summed E-state index contributed by atoms with van der Waals surface area (Å²) in [5.74, 6) is -0.335. The van der Waals surface area contributed by atoms with Crippen LogP contribution in [0, 0.1) is 18.7 Å². The number of nitrogens with one attached hydrogen (secondary N) is 1. The Balaban J connectivity index is 1.69. The number of amides is 1. The van der Waals surface area contributed by atoms with Gasteiger partial charge in [0.25, 0.3) is 5.56 Å². The Morgan fingerprint density at radius 3 is 2.69 bits per heavy atom. The number of halogens is 2. The van der Waals surface area contributed by atoms with Crippen molar-refractivity contribution in [1.82, 2.24) is 9.55 Å². The molecule has 1 aliphatic rings. The Hall–Kier alpha value is -2.51. The molecular formula is C24H25ClFN3O2S. The Labute approximate surface area is 195 Å². The first-order valence-corrected chi connectivity index (χ1v) is 12.1. The van der Waals surface area contributed by atoms with Crippen molar-refractivity contribution in [1.29, 1.82) is 0 Å². The van der Waals surface area contributed by atoms with E-state index in [0.29, 0.717) is 34.3 Å². The average molecular weight is 474 g/mol. The minimum Gasteiger partial charge on any atom is -0.300 e. The van der Waals surface area contributed by atoms with E-state index in [0.717, 1.165) is 25.7 Å². The molecule has 4 rings (SSSR count). The van der Waals surface area contributed by atoms with Crippen molar-refractivity contribution in [3.8, 4) is 11.1 Å². The zero-order valence-corrected chi connectivity index (χ0v) is 19.4. The van der Waals surface area contributed by atoms with Gasteiger partial charge in [-0.1, -0.05) is 49.8 Å². The molecule has 1 aliphatic carbocycles. The van der Waals surface area contributed by atoms with Crippen LogP contribution in [0.3, 0.4) is 0 Å². The molecule has 5 nitrogen and oxygen atoms in total. The number of aryl methyl sites for hydroxylation is 1. The number of aromatic nitrogens is 2. The van der Waals surface area contributed by atoms with E-state index in [9.17, 15) is 14.0 Å². The summed E-state index contributed by atoms with van der Waals surface area (Å²) in [6.45, 7) is 1.82. The van der Waals surface area contributed by atoms with Gasteiger partial charge in [0.15, 0.2) is 5.13 Å². The number of nitrogens with zero attached hydrogens (tertiary/aromatic N) is 2. The monoisotopic (exact) mass is 473 g/mol. The number of anilines is 1. The lowest BCUT2D eigenvalue weighted by Crippen LogP contribution is -2.36. The van der Waals surface area contributed by atoms with Crippen LogP contribution in [0.15, 0.2) is 46.7 Å². The third-order valence-corrected chi connectivity index (χ3v) is 7.05. The summed E-state index contributed by atoms with van der Waals surface area (Å²) >= 11 is 7.27. The molecule has 1 amide bonds. The lowest BCUT2D eigenvalue weighted by molar-refractivity contribution is -0.120.